The molecule has 2 N–H and O–H groups in total. The van der Waals surface area contributed by atoms with Crippen molar-refractivity contribution in [2.75, 3.05) is 62.4 Å². The molecule has 18 heteroatoms. The first kappa shape index (κ1) is 65.1. The molecule has 6 heterocycles. The van der Waals surface area contributed by atoms with Crippen molar-refractivity contribution in [1.29, 1.82) is 0 Å². The van der Waals surface area contributed by atoms with Gasteiger partial charge in [0.05, 0.1) is 32.0 Å². The number of hydrogen-bond acceptors (Lipinski definition) is 14. The van der Waals surface area contributed by atoms with Crippen molar-refractivity contribution < 1.29 is 28.5 Å². The molecule has 442 valence electrons. The average Bonchev–Trinajstić information content (AvgIpc) is 4.22. The molecule has 2 saturated heterocycles. The van der Waals surface area contributed by atoms with Gasteiger partial charge in [-0.05, 0) is 142 Å². The Morgan fingerprint density at radius 2 is 1.11 bits per heavy atom. The minimum atomic E-state index is -2.21. The Morgan fingerprint density at radius 3 is 1.55 bits per heavy atom. The van der Waals surface area contributed by atoms with Crippen molar-refractivity contribution in [2.24, 2.45) is 0 Å². The molecule has 4 aliphatic rings. The van der Waals surface area contributed by atoms with Crippen LogP contribution in [-0.2, 0) is 54.2 Å². The number of fused-ring (bicyclic) bond motifs is 2. The molecule has 2 unspecified atom stereocenters. The number of aryl methyl sites for hydroxylation is 2. The first-order chi connectivity index (χ1) is 38.5. The van der Waals surface area contributed by atoms with Crippen LogP contribution in [0.15, 0.2) is 48.8 Å². The number of anilines is 2. The number of pyridine rings is 2. The third kappa shape index (κ3) is 21.6. The van der Waals surface area contributed by atoms with Crippen LogP contribution in [0.4, 0.5) is 11.6 Å². The van der Waals surface area contributed by atoms with Gasteiger partial charge in [0.25, 0.3) is 0 Å². The molecule has 0 radical (unpaired) electrons. The minimum absolute atomic E-state index is 0.0406. The van der Waals surface area contributed by atoms with Gasteiger partial charge in [-0.25, -0.2) is 19.9 Å². The number of halogens is 1. The number of amides is 2. The number of rotatable bonds is 25. The predicted molar refractivity (Wildman–Crippen MR) is 324 cm³/mol. The van der Waals surface area contributed by atoms with E-state index in [0.717, 1.165) is 130 Å². The van der Waals surface area contributed by atoms with Crippen LogP contribution in [0.25, 0.3) is 11.5 Å². The van der Waals surface area contributed by atoms with Gasteiger partial charge in [-0.15, -0.1) is 0 Å². The molecule has 0 bridgehead atoms. The van der Waals surface area contributed by atoms with E-state index in [9.17, 15) is 9.59 Å². The zero-order valence-corrected chi connectivity index (χ0v) is 53.8. The molecule has 0 aromatic carbocycles. The number of aromatic nitrogens is 6. The fraction of sp³-hybridized carbons (Fsp3) is 0.677. The molecule has 2 amide bonds. The van der Waals surface area contributed by atoms with E-state index in [1.54, 1.807) is 9.91 Å². The van der Waals surface area contributed by atoms with Gasteiger partial charge in [0, 0.05) is 60.4 Å². The molecule has 2 fully saturated rings. The number of unbranched alkanes of at least 4 members (excludes halogenated alkanes) is 3. The number of nitrogens with one attached hydrogen (secondary N) is 2. The molecule has 2 atom stereocenters. The van der Waals surface area contributed by atoms with Crippen LogP contribution in [-0.4, -0.2) is 136 Å². The summed E-state index contributed by atoms with van der Waals surface area (Å²) in [6.45, 7) is 22.8. The summed E-state index contributed by atoms with van der Waals surface area (Å²) < 4.78 is 29.3. The van der Waals surface area contributed by atoms with Crippen LogP contribution in [0.5, 0.6) is 0 Å². The number of carbonyl (C=O) groups excluding carboxylic acids is 2. The van der Waals surface area contributed by atoms with Crippen molar-refractivity contribution in [2.45, 2.75) is 215 Å². The summed E-state index contributed by atoms with van der Waals surface area (Å²) >= 11 is 3.96. The van der Waals surface area contributed by atoms with Gasteiger partial charge in [-0.1, -0.05) is 6.07 Å². The van der Waals surface area contributed by atoms with Gasteiger partial charge in [-0.2, -0.15) is 0 Å². The Morgan fingerprint density at radius 1 is 0.625 bits per heavy atom. The van der Waals surface area contributed by atoms with Gasteiger partial charge in [-0.3, -0.25) is 14.6 Å². The van der Waals surface area contributed by atoms with Crippen molar-refractivity contribution in [3.05, 3.63) is 76.6 Å². The quantitative estimate of drug-likeness (QED) is 0.0473. The summed E-state index contributed by atoms with van der Waals surface area (Å²) in [6.07, 6.45) is 23.7. The fourth-order valence-corrected chi connectivity index (χ4v) is 26.6. The zero-order valence-electron chi connectivity index (χ0n) is 50.2. The summed E-state index contributed by atoms with van der Waals surface area (Å²) in [5.74, 6) is 2.08. The SMILES string of the molecule is CC(C)(C)NC(=O)CN(CCOC1CCCCO1)c1nc(-c2ccccn2)nc2c1CCC2.CC(C)(C)NC(=O)CN(CCOC1CCCCO1)c1nc(Cl)nc2c1CCC2.CCC[CH2][Sn]([CH2]CCC)([CH2]CCC)[c]1ccccn1. The molecule has 2 aliphatic heterocycles. The monoisotopic (exact) mass is 1230 g/mol. The number of nitrogens with zero attached hydrogens (tertiary/aromatic N) is 8. The van der Waals surface area contributed by atoms with Crippen LogP contribution in [0.3, 0.4) is 0 Å². The Balaban J connectivity index is 0.000000201. The molecule has 80 heavy (non-hydrogen) atoms. The second-order valence-corrected chi connectivity index (χ2v) is 37.4. The molecule has 2 aliphatic carbocycles. The third-order valence-electron chi connectivity index (χ3n) is 14.8. The molecule has 0 spiro atoms. The summed E-state index contributed by atoms with van der Waals surface area (Å²) in [6, 6.07) is 12.4. The zero-order chi connectivity index (χ0) is 57.4. The predicted octanol–water partition coefficient (Wildman–Crippen LogP) is 11.3. The van der Waals surface area contributed by atoms with Crippen LogP contribution >= 0.6 is 11.6 Å². The van der Waals surface area contributed by atoms with Crippen LogP contribution < -0.4 is 24.1 Å². The van der Waals surface area contributed by atoms with Gasteiger partial charge in [0.1, 0.15) is 17.3 Å². The van der Waals surface area contributed by atoms with Crippen molar-refractivity contribution in [3.63, 3.8) is 0 Å². The summed E-state index contributed by atoms with van der Waals surface area (Å²) in [4.78, 5) is 57.3. The third-order valence-corrected chi connectivity index (χ3v) is 30.2. The molecule has 0 saturated carbocycles. The Labute approximate surface area is 488 Å². The van der Waals surface area contributed by atoms with E-state index in [-0.39, 0.29) is 53.8 Å². The molecule has 4 aromatic heterocycles. The van der Waals surface area contributed by atoms with E-state index in [0.29, 0.717) is 32.1 Å². The van der Waals surface area contributed by atoms with Crippen LogP contribution in [0, 0.1) is 0 Å². The van der Waals surface area contributed by atoms with Crippen molar-refractivity contribution in [1.82, 2.24) is 40.5 Å². The maximum absolute atomic E-state index is 12.9. The number of hydrogen-bond donors (Lipinski definition) is 2. The first-order valence-corrected chi connectivity index (χ1v) is 38.2. The Hall–Kier alpha value is -4.07. The van der Waals surface area contributed by atoms with Gasteiger partial charge in [0.15, 0.2) is 18.4 Å². The summed E-state index contributed by atoms with van der Waals surface area (Å²) in [7, 11) is 0. The van der Waals surface area contributed by atoms with Crippen molar-refractivity contribution in [3.8, 4) is 11.5 Å². The van der Waals surface area contributed by atoms with Crippen LogP contribution in [0.2, 0.25) is 18.6 Å². The van der Waals surface area contributed by atoms with E-state index in [2.05, 4.69) is 64.6 Å². The fourth-order valence-electron chi connectivity index (χ4n) is 11.0. The first-order valence-electron chi connectivity index (χ1n) is 30.4. The van der Waals surface area contributed by atoms with E-state index in [4.69, 9.17) is 45.5 Å². The van der Waals surface area contributed by atoms with E-state index in [1.165, 1.54) is 51.8 Å². The summed E-state index contributed by atoms with van der Waals surface area (Å²) in [5, 5.41) is 6.32. The van der Waals surface area contributed by atoms with Gasteiger partial charge in [0.2, 0.25) is 17.1 Å². The molecular formula is C62H97ClN10O6Sn. The normalized spacial score (nSPS) is 17.0. The molecule has 8 rings (SSSR count). The topological polar surface area (TPSA) is 179 Å². The van der Waals surface area contributed by atoms with Gasteiger partial charge >= 0.3 is 124 Å². The van der Waals surface area contributed by atoms with Gasteiger partial charge < -0.3 is 39.4 Å². The Kier molecular flexibility index (Phi) is 27.1. The van der Waals surface area contributed by atoms with Crippen molar-refractivity contribution >= 4 is 57.1 Å². The standard InChI is InChI=1S/C25H35N5O3.C20H31ClN4O3.C5H4N.3C4H9.Sn/c1-25(2,3)29-21(31)17-30(14-16-33-22-12-5-7-15-32-22)24-18-9-8-11-19(18)27-23(28-24)20-10-4-6-13-26-20;1-20(2,3)24-16(26)13-25(10-12-28-17-9-4-5-11-27-17)18-14-7-6-8-15(14)22-19(21)23-18;1-2-4-6-5-3-1;3*1-3-4-2;/h4,6,10,13,22H,5,7-9,11-12,14-17H2,1-3H3,(H,29,31);17H,4-13H2,1-3H3,(H,24,26);1-4H;3*1,3-4H2,2H3;. The van der Waals surface area contributed by atoms with E-state index >= 15 is 0 Å². The molecule has 4 aromatic rings. The number of ether oxygens (including phenoxy) is 4. The van der Waals surface area contributed by atoms with E-state index < -0.39 is 18.4 Å². The maximum atomic E-state index is 12.9. The number of carbonyl (C=O) groups is 2. The Bertz CT molecular complexity index is 2450. The second-order valence-electron chi connectivity index (χ2n) is 24.0. The second kappa shape index (κ2) is 33.3. The van der Waals surface area contributed by atoms with Crippen LogP contribution in [0.1, 0.15) is 175 Å². The average molecular weight is 1230 g/mol. The van der Waals surface area contributed by atoms with E-state index in [1.807, 2.05) is 75.7 Å². The molecular weight excluding hydrogens is 1130 g/mol. The summed E-state index contributed by atoms with van der Waals surface area (Å²) in [5.41, 5.74) is 4.42. The molecule has 16 nitrogen and oxygen atoms in total.